The van der Waals surface area contributed by atoms with E-state index in [2.05, 4.69) is 21.2 Å². The molecule has 0 aromatic heterocycles. The number of nitro benzene ring substituents is 1. The minimum Gasteiger partial charge on any atom is -0.349 e. The molecule has 1 aromatic rings. The summed E-state index contributed by atoms with van der Waals surface area (Å²) in [7, 11) is 0. The van der Waals surface area contributed by atoms with Crippen molar-refractivity contribution in [2.75, 3.05) is 0 Å². The number of nitrogens with two attached hydrogens (primary N) is 1. The minimum absolute atomic E-state index is 0. The first-order valence-electron chi connectivity index (χ1n) is 6.47. The maximum absolute atomic E-state index is 12.2. The largest absolute Gasteiger partial charge is 0.349 e. The summed E-state index contributed by atoms with van der Waals surface area (Å²) in [5, 5.41) is 13.6. The molecule has 116 valence electrons. The Balaban J connectivity index is 0.00000220. The smallest absolute Gasteiger partial charge is 0.270 e. The molecule has 2 rings (SSSR count). The van der Waals surface area contributed by atoms with Crippen LogP contribution < -0.4 is 11.1 Å². The maximum atomic E-state index is 12.2. The van der Waals surface area contributed by atoms with E-state index in [1.54, 1.807) is 0 Å². The second kappa shape index (κ2) is 7.72. The lowest BCUT2D eigenvalue weighted by Gasteiger charge is -2.26. The standard InChI is InChI=1S/C13H16BrN3O3.ClH/c14-12-7-10(17(19)20)5-6-11(12)13(18)16-9-3-1-8(15)2-4-9;/h5-9H,1-4,15H2,(H,16,18);1H. The van der Waals surface area contributed by atoms with Crippen LogP contribution in [0, 0.1) is 10.1 Å². The molecule has 1 fully saturated rings. The summed E-state index contributed by atoms with van der Waals surface area (Å²) in [6.45, 7) is 0. The van der Waals surface area contributed by atoms with Crippen LogP contribution in [0.1, 0.15) is 36.0 Å². The van der Waals surface area contributed by atoms with E-state index in [4.69, 9.17) is 5.73 Å². The van der Waals surface area contributed by atoms with Crippen molar-refractivity contribution in [1.82, 2.24) is 5.32 Å². The van der Waals surface area contributed by atoms with Gasteiger partial charge >= 0.3 is 0 Å². The maximum Gasteiger partial charge on any atom is 0.270 e. The van der Waals surface area contributed by atoms with Gasteiger partial charge in [-0.05, 0) is 47.7 Å². The summed E-state index contributed by atoms with van der Waals surface area (Å²) < 4.78 is 0.428. The van der Waals surface area contributed by atoms with Crippen molar-refractivity contribution in [1.29, 1.82) is 0 Å². The number of carbonyl (C=O) groups excluding carboxylic acids is 1. The van der Waals surface area contributed by atoms with Gasteiger partial charge in [-0.3, -0.25) is 14.9 Å². The third-order valence-corrected chi connectivity index (χ3v) is 4.17. The van der Waals surface area contributed by atoms with Crippen molar-refractivity contribution in [3.8, 4) is 0 Å². The number of hydrogen-bond acceptors (Lipinski definition) is 4. The van der Waals surface area contributed by atoms with Gasteiger partial charge in [-0.2, -0.15) is 0 Å². The molecule has 1 aromatic carbocycles. The lowest BCUT2D eigenvalue weighted by molar-refractivity contribution is -0.384. The highest BCUT2D eigenvalue weighted by molar-refractivity contribution is 9.10. The summed E-state index contributed by atoms with van der Waals surface area (Å²) >= 11 is 3.21. The second-order valence-corrected chi connectivity index (χ2v) is 5.86. The first-order valence-corrected chi connectivity index (χ1v) is 7.27. The number of halogens is 2. The Labute approximate surface area is 137 Å². The molecule has 1 aliphatic rings. The van der Waals surface area contributed by atoms with Gasteiger partial charge in [0, 0.05) is 28.7 Å². The Kier molecular flexibility index (Phi) is 6.57. The highest BCUT2D eigenvalue weighted by Gasteiger charge is 2.22. The van der Waals surface area contributed by atoms with Gasteiger partial charge in [0.1, 0.15) is 0 Å². The molecule has 1 aliphatic carbocycles. The number of nitro groups is 1. The van der Waals surface area contributed by atoms with Crippen molar-refractivity contribution in [3.63, 3.8) is 0 Å². The molecule has 0 spiro atoms. The van der Waals surface area contributed by atoms with Gasteiger partial charge in [0.25, 0.3) is 11.6 Å². The monoisotopic (exact) mass is 377 g/mol. The number of benzene rings is 1. The Morgan fingerprint density at radius 2 is 1.95 bits per heavy atom. The summed E-state index contributed by atoms with van der Waals surface area (Å²) in [5.41, 5.74) is 6.19. The summed E-state index contributed by atoms with van der Waals surface area (Å²) in [5.74, 6) is -0.216. The van der Waals surface area contributed by atoms with E-state index in [0.717, 1.165) is 25.7 Å². The second-order valence-electron chi connectivity index (χ2n) is 5.01. The fraction of sp³-hybridized carbons (Fsp3) is 0.462. The number of nitrogens with one attached hydrogen (secondary N) is 1. The van der Waals surface area contributed by atoms with Crippen LogP contribution in [0.4, 0.5) is 5.69 Å². The Hall–Kier alpha value is -1.18. The number of nitrogens with zero attached hydrogens (tertiary/aromatic N) is 1. The van der Waals surface area contributed by atoms with Crippen LogP contribution in [0.3, 0.4) is 0 Å². The van der Waals surface area contributed by atoms with E-state index in [0.29, 0.717) is 10.0 Å². The molecule has 0 aliphatic heterocycles. The van der Waals surface area contributed by atoms with Crippen LogP contribution in [-0.2, 0) is 0 Å². The van der Waals surface area contributed by atoms with E-state index in [1.807, 2.05) is 0 Å². The molecule has 0 heterocycles. The van der Waals surface area contributed by atoms with E-state index in [9.17, 15) is 14.9 Å². The molecule has 1 amide bonds. The van der Waals surface area contributed by atoms with Gasteiger partial charge in [-0.1, -0.05) is 0 Å². The first-order chi connectivity index (χ1) is 9.47. The van der Waals surface area contributed by atoms with Crippen LogP contribution in [0.25, 0.3) is 0 Å². The zero-order chi connectivity index (χ0) is 14.7. The van der Waals surface area contributed by atoms with Gasteiger partial charge in [-0.25, -0.2) is 0 Å². The van der Waals surface area contributed by atoms with Crippen LogP contribution >= 0.6 is 28.3 Å². The highest BCUT2D eigenvalue weighted by atomic mass is 79.9. The van der Waals surface area contributed by atoms with Crippen LogP contribution in [0.15, 0.2) is 22.7 Å². The Morgan fingerprint density at radius 3 is 2.48 bits per heavy atom. The predicted octanol–water partition coefficient (Wildman–Crippen LogP) is 2.78. The van der Waals surface area contributed by atoms with E-state index >= 15 is 0 Å². The fourth-order valence-electron chi connectivity index (χ4n) is 2.33. The van der Waals surface area contributed by atoms with Crippen LogP contribution in [0.5, 0.6) is 0 Å². The molecule has 0 saturated heterocycles. The van der Waals surface area contributed by atoms with E-state index in [-0.39, 0.29) is 36.1 Å². The van der Waals surface area contributed by atoms with Gasteiger partial charge in [0.2, 0.25) is 0 Å². The molecule has 0 bridgehead atoms. The lowest BCUT2D eigenvalue weighted by atomic mass is 9.91. The number of hydrogen-bond donors (Lipinski definition) is 2. The predicted molar refractivity (Wildman–Crippen MR) is 85.7 cm³/mol. The zero-order valence-corrected chi connectivity index (χ0v) is 13.7. The fourth-order valence-corrected chi connectivity index (χ4v) is 2.88. The third kappa shape index (κ3) is 4.66. The van der Waals surface area contributed by atoms with Gasteiger partial charge in [0.05, 0.1) is 10.5 Å². The Bertz CT molecular complexity index is 533. The number of rotatable bonds is 3. The summed E-state index contributed by atoms with van der Waals surface area (Å²) in [4.78, 5) is 22.3. The van der Waals surface area contributed by atoms with Crippen LogP contribution in [0.2, 0.25) is 0 Å². The molecule has 8 heteroatoms. The van der Waals surface area contributed by atoms with Gasteiger partial charge in [-0.15, -0.1) is 12.4 Å². The quantitative estimate of drug-likeness (QED) is 0.624. The van der Waals surface area contributed by atoms with Crippen molar-refractivity contribution in [2.24, 2.45) is 5.73 Å². The molecule has 1 saturated carbocycles. The molecular weight excluding hydrogens is 362 g/mol. The molecule has 21 heavy (non-hydrogen) atoms. The van der Waals surface area contributed by atoms with Crippen LogP contribution in [-0.4, -0.2) is 22.9 Å². The topological polar surface area (TPSA) is 98.3 Å². The SMILES string of the molecule is Cl.NC1CCC(NC(=O)c2ccc([N+](=O)[O-])cc2Br)CC1. The summed E-state index contributed by atoms with van der Waals surface area (Å²) in [6, 6.07) is 4.49. The normalized spacial score (nSPS) is 21.2. The first kappa shape index (κ1) is 17.9. The van der Waals surface area contributed by atoms with Crippen molar-refractivity contribution in [3.05, 3.63) is 38.3 Å². The van der Waals surface area contributed by atoms with Crippen molar-refractivity contribution >= 4 is 39.9 Å². The van der Waals surface area contributed by atoms with Gasteiger partial charge in [0.15, 0.2) is 0 Å². The molecule has 3 N–H and O–H groups in total. The molecular formula is C13H17BrClN3O3. The molecule has 0 radical (unpaired) electrons. The van der Waals surface area contributed by atoms with Crippen molar-refractivity contribution in [2.45, 2.75) is 37.8 Å². The average molecular weight is 379 g/mol. The lowest BCUT2D eigenvalue weighted by Crippen LogP contribution is -2.40. The zero-order valence-electron chi connectivity index (χ0n) is 11.3. The van der Waals surface area contributed by atoms with Crippen molar-refractivity contribution < 1.29 is 9.72 Å². The molecule has 6 nitrogen and oxygen atoms in total. The number of carbonyl (C=O) groups is 1. The Morgan fingerprint density at radius 1 is 1.33 bits per heavy atom. The number of non-ortho nitro benzene ring substituents is 1. The summed E-state index contributed by atoms with van der Waals surface area (Å²) in [6.07, 6.45) is 3.56. The molecule has 0 atom stereocenters. The average Bonchev–Trinajstić information content (AvgIpc) is 2.41. The highest BCUT2D eigenvalue weighted by Crippen LogP contribution is 2.24. The van der Waals surface area contributed by atoms with E-state index in [1.165, 1.54) is 18.2 Å². The third-order valence-electron chi connectivity index (χ3n) is 3.52. The molecule has 0 unspecified atom stereocenters. The van der Waals surface area contributed by atoms with E-state index < -0.39 is 4.92 Å². The van der Waals surface area contributed by atoms with Gasteiger partial charge < -0.3 is 11.1 Å². The number of amides is 1. The minimum atomic E-state index is -0.491.